The Morgan fingerprint density at radius 2 is 1.88 bits per heavy atom. The Hall–Kier alpha value is -1.81. The van der Waals surface area contributed by atoms with Crippen molar-refractivity contribution in [3.8, 4) is 11.4 Å². The molecule has 4 nitrogen and oxygen atoms in total. The summed E-state index contributed by atoms with van der Waals surface area (Å²) in [6, 6.07) is 0. The smallest absolute Gasteiger partial charge is 0.148 e. The summed E-state index contributed by atoms with van der Waals surface area (Å²) in [6.45, 7) is 4.02. The second kappa shape index (κ2) is 5.01. The molecule has 0 saturated heterocycles. The Morgan fingerprint density at radius 3 is 2.47 bits per heavy atom. The molecule has 0 spiro atoms. The van der Waals surface area contributed by atoms with Crippen molar-refractivity contribution in [1.29, 1.82) is 0 Å². The monoisotopic (exact) mass is 246 g/mol. The molecular formula is C12H11ClN4. The van der Waals surface area contributed by atoms with E-state index in [4.69, 9.17) is 11.6 Å². The summed E-state index contributed by atoms with van der Waals surface area (Å²) in [5.74, 6) is 0. The second-order valence-electron chi connectivity index (χ2n) is 3.78. The molecule has 0 bridgehead atoms. The van der Waals surface area contributed by atoms with Crippen LogP contribution >= 0.6 is 11.6 Å². The summed E-state index contributed by atoms with van der Waals surface area (Å²) in [4.78, 5) is 16.6. The van der Waals surface area contributed by atoms with Crippen LogP contribution in [-0.4, -0.2) is 19.9 Å². The first-order chi connectivity index (χ1) is 8.15. The van der Waals surface area contributed by atoms with Gasteiger partial charge in [-0.3, -0.25) is 15.0 Å². The highest BCUT2D eigenvalue weighted by Crippen LogP contribution is 2.14. The fraction of sp³-hybridized carbons (Fsp3) is 0.167. The van der Waals surface area contributed by atoms with Gasteiger partial charge in [0.25, 0.3) is 0 Å². The average Bonchev–Trinajstić information content (AvgIpc) is 2.29. The lowest BCUT2D eigenvalue weighted by molar-refractivity contribution is 1.13. The zero-order chi connectivity index (χ0) is 12.3. The fourth-order valence-corrected chi connectivity index (χ4v) is 1.45. The molecule has 17 heavy (non-hydrogen) atoms. The highest BCUT2D eigenvalue weighted by atomic mass is 35.5. The van der Waals surface area contributed by atoms with E-state index in [1.54, 1.807) is 18.6 Å². The Morgan fingerprint density at radius 1 is 1.06 bits per heavy atom. The Labute approximate surface area is 104 Å². The van der Waals surface area contributed by atoms with Crippen molar-refractivity contribution in [1.82, 2.24) is 19.9 Å². The van der Waals surface area contributed by atoms with Crippen molar-refractivity contribution in [2.45, 2.75) is 13.8 Å². The van der Waals surface area contributed by atoms with Crippen LogP contribution in [0.4, 0.5) is 0 Å². The lowest BCUT2D eigenvalue weighted by Gasteiger charge is -2.00. The van der Waals surface area contributed by atoms with Crippen LogP contribution in [0.3, 0.4) is 0 Å². The summed E-state index contributed by atoms with van der Waals surface area (Å²) in [6.07, 6.45) is 8.41. The first-order valence-corrected chi connectivity index (χ1v) is 5.48. The zero-order valence-electron chi connectivity index (χ0n) is 9.55. The molecule has 86 valence electrons. The zero-order valence-corrected chi connectivity index (χ0v) is 10.3. The Kier molecular flexibility index (Phi) is 3.44. The summed E-state index contributed by atoms with van der Waals surface area (Å²) < 4.78 is 0. The van der Waals surface area contributed by atoms with Gasteiger partial charge in [-0.05, 0) is 19.9 Å². The van der Waals surface area contributed by atoms with Crippen molar-refractivity contribution < 1.29 is 0 Å². The van der Waals surface area contributed by atoms with E-state index >= 15 is 0 Å². The third-order valence-corrected chi connectivity index (χ3v) is 2.16. The average molecular weight is 247 g/mol. The molecule has 2 aromatic heterocycles. The molecule has 0 aliphatic heterocycles. The van der Waals surface area contributed by atoms with E-state index in [2.05, 4.69) is 19.9 Å². The molecule has 5 heteroatoms. The minimum Gasteiger partial charge on any atom is -0.259 e. The van der Waals surface area contributed by atoms with Crippen LogP contribution in [-0.2, 0) is 0 Å². The summed E-state index contributed by atoms with van der Waals surface area (Å²) >= 11 is 5.76. The minimum absolute atomic E-state index is 0.345. The van der Waals surface area contributed by atoms with E-state index < -0.39 is 0 Å². The number of aromatic nitrogens is 4. The number of halogens is 1. The maximum atomic E-state index is 5.76. The van der Waals surface area contributed by atoms with Gasteiger partial charge in [-0.2, -0.15) is 0 Å². The van der Waals surface area contributed by atoms with Crippen LogP contribution in [0, 0.1) is 0 Å². The molecule has 2 aromatic rings. The molecule has 0 atom stereocenters. The molecule has 0 radical (unpaired) electrons. The third kappa shape index (κ3) is 3.07. The summed E-state index contributed by atoms with van der Waals surface area (Å²) in [5, 5.41) is 0.345. The first-order valence-electron chi connectivity index (χ1n) is 5.10. The molecule has 0 unspecified atom stereocenters. The molecule has 0 aliphatic carbocycles. The van der Waals surface area contributed by atoms with E-state index in [0.717, 1.165) is 5.69 Å². The number of hydrogen-bond donors (Lipinski definition) is 0. The number of allylic oxidation sites excluding steroid dienone is 1. The molecule has 2 heterocycles. The predicted octanol–water partition coefficient (Wildman–Crippen LogP) is 3.01. The van der Waals surface area contributed by atoms with Crippen LogP contribution in [0.5, 0.6) is 0 Å². The normalized spacial score (nSPS) is 10.1. The molecule has 2 rings (SSSR count). The second-order valence-corrected chi connectivity index (χ2v) is 4.16. The van der Waals surface area contributed by atoms with Gasteiger partial charge in [-0.15, -0.1) is 0 Å². The van der Waals surface area contributed by atoms with Crippen molar-refractivity contribution in [2.75, 3.05) is 0 Å². The molecule has 0 N–H and O–H groups in total. The number of nitrogens with zero attached hydrogens (tertiary/aromatic N) is 4. The van der Waals surface area contributed by atoms with Crippen LogP contribution in [0.2, 0.25) is 5.15 Å². The first kappa shape index (κ1) is 11.7. The van der Waals surface area contributed by atoms with Gasteiger partial charge in [0, 0.05) is 0 Å². The minimum atomic E-state index is 0.345. The van der Waals surface area contributed by atoms with E-state index in [0.29, 0.717) is 16.5 Å². The maximum absolute atomic E-state index is 5.76. The van der Waals surface area contributed by atoms with Gasteiger partial charge in [0.2, 0.25) is 0 Å². The highest BCUT2D eigenvalue weighted by molar-refractivity contribution is 6.29. The van der Waals surface area contributed by atoms with E-state index in [1.807, 2.05) is 19.9 Å². The topological polar surface area (TPSA) is 51.6 Å². The molecular weight excluding hydrogens is 236 g/mol. The molecule has 0 aromatic carbocycles. The predicted molar refractivity (Wildman–Crippen MR) is 67.4 cm³/mol. The number of rotatable bonds is 2. The van der Waals surface area contributed by atoms with Gasteiger partial charge >= 0.3 is 0 Å². The van der Waals surface area contributed by atoms with Gasteiger partial charge in [0.05, 0.1) is 30.5 Å². The van der Waals surface area contributed by atoms with E-state index in [-0.39, 0.29) is 0 Å². The van der Waals surface area contributed by atoms with Crippen molar-refractivity contribution in [3.63, 3.8) is 0 Å². The van der Waals surface area contributed by atoms with Crippen molar-refractivity contribution in [2.24, 2.45) is 0 Å². The SMILES string of the molecule is CC(C)=Cc1cnc(-c2cncc(Cl)n2)cn1. The molecule has 0 fully saturated rings. The fourth-order valence-electron chi connectivity index (χ4n) is 1.31. The van der Waals surface area contributed by atoms with Crippen molar-refractivity contribution >= 4 is 17.7 Å². The molecule has 0 saturated carbocycles. The highest BCUT2D eigenvalue weighted by Gasteiger charge is 2.02. The largest absolute Gasteiger partial charge is 0.259 e. The van der Waals surface area contributed by atoms with Crippen LogP contribution in [0.1, 0.15) is 19.5 Å². The summed E-state index contributed by atoms with van der Waals surface area (Å²) in [5.41, 5.74) is 3.28. The van der Waals surface area contributed by atoms with Gasteiger partial charge < -0.3 is 0 Å². The van der Waals surface area contributed by atoms with Crippen LogP contribution in [0.15, 0.2) is 30.4 Å². The Bertz CT molecular complexity index is 545. The van der Waals surface area contributed by atoms with Crippen LogP contribution < -0.4 is 0 Å². The quantitative estimate of drug-likeness (QED) is 0.817. The maximum Gasteiger partial charge on any atom is 0.148 e. The van der Waals surface area contributed by atoms with E-state index in [9.17, 15) is 0 Å². The van der Waals surface area contributed by atoms with Crippen molar-refractivity contribution in [3.05, 3.63) is 41.2 Å². The van der Waals surface area contributed by atoms with Crippen LogP contribution in [0.25, 0.3) is 17.5 Å². The number of hydrogen-bond acceptors (Lipinski definition) is 4. The molecule has 0 amide bonds. The van der Waals surface area contributed by atoms with Gasteiger partial charge in [-0.25, -0.2) is 4.98 Å². The van der Waals surface area contributed by atoms with Gasteiger partial charge in [0.15, 0.2) is 0 Å². The summed E-state index contributed by atoms with van der Waals surface area (Å²) in [7, 11) is 0. The third-order valence-electron chi connectivity index (χ3n) is 1.98. The van der Waals surface area contributed by atoms with Gasteiger partial charge in [-0.1, -0.05) is 17.2 Å². The lowest BCUT2D eigenvalue weighted by Crippen LogP contribution is -1.92. The van der Waals surface area contributed by atoms with E-state index in [1.165, 1.54) is 11.8 Å². The lowest BCUT2D eigenvalue weighted by atomic mass is 10.2. The Balaban J connectivity index is 2.32. The standard InChI is InChI=1S/C12H11ClN4/c1-8(2)3-9-4-16-10(6-15-9)11-5-14-7-12(13)17-11/h3-7H,1-2H3. The molecule has 0 aliphatic rings. The van der Waals surface area contributed by atoms with Gasteiger partial charge in [0.1, 0.15) is 16.5 Å².